The summed E-state index contributed by atoms with van der Waals surface area (Å²) in [5.41, 5.74) is 5.62. The van der Waals surface area contributed by atoms with Crippen molar-refractivity contribution in [2.24, 2.45) is 11.8 Å². The van der Waals surface area contributed by atoms with E-state index in [2.05, 4.69) is 24.5 Å². The molecular weight excluding hydrogens is 236 g/mol. The number of benzene rings is 1. The predicted molar refractivity (Wildman–Crippen MR) is 79.0 cm³/mol. The summed E-state index contributed by atoms with van der Waals surface area (Å²) in [4.78, 5) is 0. The molecule has 1 atom stereocenters. The highest BCUT2D eigenvalue weighted by Gasteiger charge is 2.24. The van der Waals surface area contributed by atoms with Crippen molar-refractivity contribution in [3.63, 3.8) is 0 Å². The van der Waals surface area contributed by atoms with Crippen LogP contribution < -0.4 is 16.0 Å². The molecule has 1 aromatic carbocycles. The second-order valence-corrected chi connectivity index (χ2v) is 5.62. The third kappa shape index (κ3) is 3.48. The molecule has 2 rings (SSSR count). The SMILES string of the molecule is COc1ccc(C(NN)C2CCCCCC2)c(C)c1. The monoisotopic (exact) mass is 262 g/mol. The zero-order valence-corrected chi connectivity index (χ0v) is 12.1. The largest absolute Gasteiger partial charge is 0.497 e. The Morgan fingerprint density at radius 2 is 1.89 bits per heavy atom. The smallest absolute Gasteiger partial charge is 0.119 e. The van der Waals surface area contributed by atoms with Gasteiger partial charge in [0.25, 0.3) is 0 Å². The molecular formula is C16H26N2O. The zero-order chi connectivity index (χ0) is 13.7. The van der Waals surface area contributed by atoms with E-state index in [4.69, 9.17) is 10.6 Å². The number of hydrazine groups is 1. The van der Waals surface area contributed by atoms with E-state index in [0.29, 0.717) is 5.92 Å². The van der Waals surface area contributed by atoms with Crippen molar-refractivity contribution >= 4 is 0 Å². The standard InChI is InChI=1S/C16H26N2O/c1-12-11-14(19-2)9-10-15(12)16(18-17)13-7-5-3-4-6-8-13/h9-11,13,16,18H,3-8,17H2,1-2H3. The molecule has 3 nitrogen and oxygen atoms in total. The summed E-state index contributed by atoms with van der Waals surface area (Å²) in [6.07, 6.45) is 7.96. The van der Waals surface area contributed by atoms with Gasteiger partial charge in [-0.3, -0.25) is 11.3 Å². The maximum Gasteiger partial charge on any atom is 0.119 e. The summed E-state index contributed by atoms with van der Waals surface area (Å²) in [7, 11) is 1.71. The minimum Gasteiger partial charge on any atom is -0.497 e. The highest BCUT2D eigenvalue weighted by Crippen LogP contribution is 2.35. The average Bonchev–Trinajstić information content (AvgIpc) is 2.70. The first-order valence-electron chi connectivity index (χ1n) is 7.37. The Bertz CT molecular complexity index is 398. The van der Waals surface area contributed by atoms with Crippen LogP contribution in [0.1, 0.15) is 55.7 Å². The van der Waals surface area contributed by atoms with E-state index >= 15 is 0 Å². The Balaban J connectivity index is 2.20. The van der Waals surface area contributed by atoms with Gasteiger partial charge in [0.15, 0.2) is 0 Å². The van der Waals surface area contributed by atoms with E-state index in [1.165, 1.54) is 49.7 Å². The number of nitrogens with one attached hydrogen (secondary N) is 1. The van der Waals surface area contributed by atoms with Gasteiger partial charge in [0, 0.05) is 6.04 Å². The van der Waals surface area contributed by atoms with Crippen LogP contribution in [0.15, 0.2) is 18.2 Å². The number of methoxy groups -OCH3 is 1. The van der Waals surface area contributed by atoms with Gasteiger partial charge in [0.1, 0.15) is 5.75 Å². The summed E-state index contributed by atoms with van der Waals surface area (Å²) < 4.78 is 5.28. The van der Waals surface area contributed by atoms with Crippen molar-refractivity contribution in [3.8, 4) is 5.75 Å². The molecule has 0 amide bonds. The molecule has 0 bridgehead atoms. The van der Waals surface area contributed by atoms with Crippen LogP contribution >= 0.6 is 0 Å². The van der Waals surface area contributed by atoms with Gasteiger partial charge in [0.2, 0.25) is 0 Å². The third-order valence-electron chi connectivity index (χ3n) is 4.36. The Morgan fingerprint density at radius 1 is 1.21 bits per heavy atom. The highest BCUT2D eigenvalue weighted by atomic mass is 16.5. The lowest BCUT2D eigenvalue weighted by atomic mass is 9.86. The third-order valence-corrected chi connectivity index (χ3v) is 4.36. The number of ether oxygens (including phenoxy) is 1. The molecule has 1 aliphatic rings. The van der Waals surface area contributed by atoms with E-state index in [0.717, 1.165) is 5.75 Å². The van der Waals surface area contributed by atoms with Crippen molar-refractivity contribution in [1.29, 1.82) is 0 Å². The fraction of sp³-hybridized carbons (Fsp3) is 0.625. The predicted octanol–water partition coefficient (Wildman–Crippen LogP) is 3.48. The lowest BCUT2D eigenvalue weighted by Crippen LogP contribution is -2.34. The summed E-state index contributed by atoms with van der Waals surface area (Å²) in [5.74, 6) is 7.41. The highest BCUT2D eigenvalue weighted by molar-refractivity contribution is 5.37. The summed E-state index contributed by atoms with van der Waals surface area (Å²) in [6, 6.07) is 6.55. The van der Waals surface area contributed by atoms with E-state index in [1.807, 2.05) is 6.07 Å². The molecule has 1 fully saturated rings. The Hall–Kier alpha value is -1.06. The fourth-order valence-electron chi connectivity index (χ4n) is 3.25. The van der Waals surface area contributed by atoms with Crippen LogP contribution in [0.4, 0.5) is 0 Å². The van der Waals surface area contributed by atoms with Crippen LogP contribution in [0.5, 0.6) is 5.75 Å². The molecule has 0 saturated heterocycles. The van der Waals surface area contributed by atoms with Gasteiger partial charge < -0.3 is 4.74 Å². The molecule has 0 spiro atoms. The zero-order valence-electron chi connectivity index (χ0n) is 12.1. The molecule has 0 heterocycles. The number of nitrogens with two attached hydrogens (primary N) is 1. The van der Waals surface area contributed by atoms with Crippen LogP contribution in [0.2, 0.25) is 0 Å². The lowest BCUT2D eigenvalue weighted by molar-refractivity contribution is 0.327. The van der Waals surface area contributed by atoms with Crippen LogP contribution in [0.3, 0.4) is 0 Å². The number of aryl methyl sites for hydroxylation is 1. The molecule has 3 heteroatoms. The molecule has 19 heavy (non-hydrogen) atoms. The molecule has 0 aliphatic heterocycles. The molecule has 0 aromatic heterocycles. The van der Waals surface area contributed by atoms with Gasteiger partial charge in [-0.2, -0.15) is 0 Å². The van der Waals surface area contributed by atoms with Crippen LogP contribution in [0.25, 0.3) is 0 Å². The van der Waals surface area contributed by atoms with Crippen molar-refractivity contribution in [2.75, 3.05) is 7.11 Å². The number of hydrogen-bond acceptors (Lipinski definition) is 3. The first-order chi connectivity index (χ1) is 9.26. The second-order valence-electron chi connectivity index (χ2n) is 5.62. The maximum atomic E-state index is 5.84. The Labute approximate surface area is 116 Å². The normalized spacial score (nSPS) is 18.9. The molecule has 3 N–H and O–H groups in total. The van der Waals surface area contributed by atoms with Crippen molar-refractivity contribution < 1.29 is 4.74 Å². The Morgan fingerprint density at radius 3 is 2.42 bits per heavy atom. The first kappa shape index (κ1) is 14.4. The van der Waals surface area contributed by atoms with Gasteiger partial charge in [0.05, 0.1) is 7.11 Å². The van der Waals surface area contributed by atoms with Crippen LogP contribution in [0, 0.1) is 12.8 Å². The molecule has 1 aliphatic carbocycles. The van der Waals surface area contributed by atoms with Crippen molar-refractivity contribution in [1.82, 2.24) is 5.43 Å². The first-order valence-corrected chi connectivity index (χ1v) is 7.37. The van der Waals surface area contributed by atoms with Crippen molar-refractivity contribution in [3.05, 3.63) is 29.3 Å². The molecule has 1 aromatic rings. The van der Waals surface area contributed by atoms with E-state index in [-0.39, 0.29) is 6.04 Å². The molecule has 1 saturated carbocycles. The molecule has 106 valence electrons. The molecule has 1 unspecified atom stereocenters. The quantitative estimate of drug-likeness (QED) is 0.496. The van der Waals surface area contributed by atoms with Gasteiger partial charge in [-0.05, 0) is 48.9 Å². The minimum absolute atomic E-state index is 0.268. The van der Waals surface area contributed by atoms with E-state index < -0.39 is 0 Å². The van der Waals surface area contributed by atoms with Gasteiger partial charge >= 0.3 is 0 Å². The topological polar surface area (TPSA) is 47.3 Å². The van der Waals surface area contributed by atoms with E-state index in [1.54, 1.807) is 7.11 Å². The number of rotatable bonds is 4. The summed E-state index contributed by atoms with van der Waals surface area (Å²) in [5, 5.41) is 0. The summed E-state index contributed by atoms with van der Waals surface area (Å²) in [6.45, 7) is 2.14. The van der Waals surface area contributed by atoms with E-state index in [9.17, 15) is 0 Å². The minimum atomic E-state index is 0.268. The number of hydrogen-bond donors (Lipinski definition) is 2. The van der Waals surface area contributed by atoms with Crippen molar-refractivity contribution in [2.45, 2.75) is 51.5 Å². The maximum absolute atomic E-state index is 5.84. The lowest BCUT2D eigenvalue weighted by Gasteiger charge is -2.27. The van der Waals surface area contributed by atoms with Gasteiger partial charge in [-0.25, -0.2) is 0 Å². The summed E-state index contributed by atoms with van der Waals surface area (Å²) >= 11 is 0. The van der Waals surface area contributed by atoms with Crippen LogP contribution in [-0.2, 0) is 0 Å². The van der Waals surface area contributed by atoms with Crippen LogP contribution in [-0.4, -0.2) is 7.11 Å². The average molecular weight is 262 g/mol. The molecule has 0 radical (unpaired) electrons. The fourth-order valence-corrected chi connectivity index (χ4v) is 3.25. The van der Waals surface area contributed by atoms with Gasteiger partial charge in [-0.1, -0.05) is 31.7 Å². The second kappa shape index (κ2) is 6.92. The Kier molecular flexibility index (Phi) is 5.23. The van der Waals surface area contributed by atoms with Gasteiger partial charge in [-0.15, -0.1) is 0 Å².